The maximum absolute atomic E-state index is 11.7. The fourth-order valence-electron chi connectivity index (χ4n) is 2.36. The van der Waals surface area contributed by atoms with E-state index < -0.39 is 10.0 Å². The minimum Gasteiger partial charge on any atom is -0.355 e. The highest BCUT2D eigenvalue weighted by Gasteiger charge is 2.27. The van der Waals surface area contributed by atoms with Crippen LogP contribution in [-0.4, -0.2) is 56.1 Å². The predicted molar refractivity (Wildman–Crippen MR) is 89.8 cm³/mol. The molecule has 0 atom stereocenters. The Morgan fingerprint density at radius 1 is 1.41 bits per heavy atom. The molecule has 0 aliphatic carbocycles. The maximum atomic E-state index is 11.7. The van der Waals surface area contributed by atoms with Gasteiger partial charge in [0.15, 0.2) is 5.96 Å². The second kappa shape index (κ2) is 7.38. The van der Waals surface area contributed by atoms with Gasteiger partial charge in [0.1, 0.15) is 0 Å². The van der Waals surface area contributed by atoms with E-state index in [-0.39, 0.29) is 5.75 Å². The highest BCUT2D eigenvalue weighted by Crippen LogP contribution is 2.16. The van der Waals surface area contributed by atoms with E-state index in [9.17, 15) is 8.42 Å². The van der Waals surface area contributed by atoms with Crippen LogP contribution in [0.1, 0.15) is 22.0 Å². The van der Waals surface area contributed by atoms with E-state index in [0.717, 1.165) is 17.1 Å². The Bertz CT molecular complexity index is 639. The van der Waals surface area contributed by atoms with E-state index in [2.05, 4.69) is 20.6 Å². The molecule has 1 fully saturated rings. The molecule has 9 heteroatoms. The summed E-state index contributed by atoms with van der Waals surface area (Å²) in [5.74, 6) is 0.936. The number of hydrogen-bond acceptors (Lipinski definition) is 5. The highest BCUT2D eigenvalue weighted by atomic mass is 32.2. The van der Waals surface area contributed by atoms with E-state index in [4.69, 9.17) is 0 Å². The van der Waals surface area contributed by atoms with Crippen molar-refractivity contribution in [1.82, 2.24) is 19.9 Å². The lowest BCUT2D eigenvalue weighted by Crippen LogP contribution is -2.41. The zero-order valence-electron chi connectivity index (χ0n) is 13.2. The van der Waals surface area contributed by atoms with Crippen LogP contribution in [0.15, 0.2) is 4.99 Å². The number of hydrogen-bond donors (Lipinski definition) is 2. The van der Waals surface area contributed by atoms with Gasteiger partial charge in [0.05, 0.1) is 23.0 Å². The smallest absolute Gasteiger partial charge is 0.214 e. The lowest BCUT2D eigenvalue weighted by Gasteiger charge is -2.16. The van der Waals surface area contributed by atoms with Crippen LogP contribution in [0.4, 0.5) is 0 Å². The zero-order chi connectivity index (χ0) is 16.2. The summed E-state index contributed by atoms with van der Waals surface area (Å²) in [6.07, 6.45) is 0.722. The van der Waals surface area contributed by atoms with Gasteiger partial charge in [0.25, 0.3) is 0 Å². The lowest BCUT2D eigenvalue weighted by molar-refractivity contribution is 0.445. The monoisotopic (exact) mass is 345 g/mol. The highest BCUT2D eigenvalue weighted by molar-refractivity contribution is 7.89. The summed E-state index contributed by atoms with van der Waals surface area (Å²) in [6, 6.07) is 0. The zero-order valence-corrected chi connectivity index (χ0v) is 14.9. The van der Waals surface area contributed by atoms with Crippen molar-refractivity contribution in [1.29, 1.82) is 0 Å². The molecule has 1 aromatic heterocycles. The van der Waals surface area contributed by atoms with Gasteiger partial charge in [-0.2, -0.15) is 0 Å². The number of aliphatic imine (C=N–C) groups is 1. The van der Waals surface area contributed by atoms with Gasteiger partial charge in [-0.15, -0.1) is 11.3 Å². The normalized spacial score (nSPS) is 18.6. The molecule has 0 radical (unpaired) electrons. The maximum Gasteiger partial charge on any atom is 0.214 e. The van der Waals surface area contributed by atoms with Gasteiger partial charge in [0, 0.05) is 31.6 Å². The van der Waals surface area contributed by atoms with Crippen LogP contribution in [0.3, 0.4) is 0 Å². The molecule has 0 amide bonds. The standard InChI is InChI=1S/C13H23N5O2S2/c1-10-12(21-11(2)17-10)9-16-13(14-3)15-5-7-18-6-4-8-22(18,19)20/h4-9H2,1-3H3,(H2,14,15,16). The van der Waals surface area contributed by atoms with Crippen LogP contribution in [0.2, 0.25) is 0 Å². The fourth-order valence-corrected chi connectivity index (χ4v) is 4.77. The Kier molecular flexibility index (Phi) is 5.76. The minimum atomic E-state index is -3.02. The molecule has 0 saturated carbocycles. The second-order valence-electron chi connectivity index (χ2n) is 5.16. The van der Waals surface area contributed by atoms with Gasteiger partial charge in [-0.1, -0.05) is 0 Å². The number of nitrogens with one attached hydrogen (secondary N) is 2. The molecule has 124 valence electrons. The van der Waals surface area contributed by atoms with Crippen LogP contribution in [0, 0.1) is 13.8 Å². The number of thiazole rings is 1. The molecule has 1 saturated heterocycles. The first-order chi connectivity index (χ1) is 10.4. The quantitative estimate of drug-likeness (QED) is 0.598. The van der Waals surface area contributed by atoms with E-state index in [0.29, 0.717) is 32.1 Å². The third-order valence-electron chi connectivity index (χ3n) is 3.50. The van der Waals surface area contributed by atoms with E-state index >= 15 is 0 Å². The first-order valence-corrected chi connectivity index (χ1v) is 9.70. The molecule has 2 N–H and O–H groups in total. The lowest BCUT2D eigenvalue weighted by atomic mass is 10.4. The van der Waals surface area contributed by atoms with Crippen molar-refractivity contribution >= 4 is 27.3 Å². The third kappa shape index (κ3) is 4.40. The molecule has 7 nitrogen and oxygen atoms in total. The summed E-state index contributed by atoms with van der Waals surface area (Å²) in [7, 11) is -1.32. The summed E-state index contributed by atoms with van der Waals surface area (Å²) in [4.78, 5) is 9.72. The molecular weight excluding hydrogens is 322 g/mol. The summed E-state index contributed by atoms with van der Waals surface area (Å²) in [5, 5.41) is 7.43. The van der Waals surface area contributed by atoms with Crippen molar-refractivity contribution in [3.8, 4) is 0 Å². The summed E-state index contributed by atoms with van der Waals surface area (Å²) in [6.45, 7) is 6.29. The Labute approximate surface area is 135 Å². The number of sulfonamides is 1. The van der Waals surface area contributed by atoms with Crippen molar-refractivity contribution in [2.75, 3.05) is 32.4 Å². The van der Waals surface area contributed by atoms with E-state index in [1.807, 2.05) is 13.8 Å². The number of rotatable bonds is 5. The average molecular weight is 345 g/mol. The average Bonchev–Trinajstić information content (AvgIpc) is 2.95. The third-order valence-corrected chi connectivity index (χ3v) is 6.53. The van der Waals surface area contributed by atoms with Crippen LogP contribution < -0.4 is 10.6 Å². The number of guanidine groups is 1. The van der Waals surface area contributed by atoms with Crippen LogP contribution in [-0.2, 0) is 16.6 Å². The number of nitrogens with zero attached hydrogens (tertiary/aromatic N) is 3. The van der Waals surface area contributed by atoms with Crippen LogP contribution in [0.25, 0.3) is 0 Å². The molecule has 2 heterocycles. The van der Waals surface area contributed by atoms with Crippen molar-refractivity contribution in [2.45, 2.75) is 26.8 Å². The molecule has 2 rings (SSSR count). The Hall–Kier alpha value is -1.19. The second-order valence-corrected chi connectivity index (χ2v) is 8.54. The number of aryl methyl sites for hydroxylation is 2. The fraction of sp³-hybridized carbons (Fsp3) is 0.692. The summed E-state index contributed by atoms with van der Waals surface area (Å²) < 4.78 is 24.9. The van der Waals surface area contributed by atoms with E-state index in [1.54, 1.807) is 18.4 Å². The van der Waals surface area contributed by atoms with Gasteiger partial charge < -0.3 is 10.6 Å². The largest absolute Gasteiger partial charge is 0.355 e. The van der Waals surface area contributed by atoms with Gasteiger partial charge in [-0.05, 0) is 20.3 Å². The Morgan fingerprint density at radius 2 is 2.18 bits per heavy atom. The molecule has 0 unspecified atom stereocenters. The van der Waals surface area contributed by atoms with Crippen molar-refractivity contribution < 1.29 is 8.42 Å². The van der Waals surface area contributed by atoms with Crippen molar-refractivity contribution in [3.63, 3.8) is 0 Å². The molecule has 22 heavy (non-hydrogen) atoms. The molecule has 0 aromatic carbocycles. The molecule has 1 aliphatic rings. The SMILES string of the molecule is CN=C(NCCN1CCCS1(=O)=O)NCc1sc(C)nc1C. The molecule has 1 aromatic rings. The van der Waals surface area contributed by atoms with Crippen molar-refractivity contribution in [2.24, 2.45) is 4.99 Å². The van der Waals surface area contributed by atoms with Crippen LogP contribution >= 0.6 is 11.3 Å². The molecular formula is C13H23N5O2S2. The minimum absolute atomic E-state index is 0.268. The first-order valence-electron chi connectivity index (χ1n) is 7.27. The van der Waals surface area contributed by atoms with Gasteiger partial charge in [0.2, 0.25) is 10.0 Å². The van der Waals surface area contributed by atoms with Gasteiger partial charge in [-0.25, -0.2) is 17.7 Å². The Balaban J connectivity index is 1.77. The summed E-state index contributed by atoms with van der Waals surface area (Å²) in [5.41, 5.74) is 1.04. The predicted octanol–water partition coefficient (Wildman–Crippen LogP) is 0.460. The van der Waals surface area contributed by atoms with Crippen molar-refractivity contribution in [3.05, 3.63) is 15.6 Å². The van der Waals surface area contributed by atoms with E-state index in [1.165, 1.54) is 9.18 Å². The van der Waals surface area contributed by atoms with Gasteiger partial charge >= 0.3 is 0 Å². The van der Waals surface area contributed by atoms with Gasteiger partial charge in [-0.3, -0.25) is 4.99 Å². The Morgan fingerprint density at radius 3 is 2.73 bits per heavy atom. The molecule has 1 aliphatic heterocycles. The van der Waals surface area contributed by atoms with Crippen LogP contribution in [0.5, 0.6) is 0 Å². The number of aromatic nitrogens is 1. The topological polar surface area (TPSA) is 86.7 Å². The molecule has 0 spiro atoms. The summed E-state index contributed by atoms with van der Waals surface area (Å²) >= 11 is 1.67. The first kappa shape index (κ1) is 17.2. The molecule has 0 bridgehead atoms.